The van der Waals surface area contributed by atoms with E-state index in [1.807, 2.05) is 6.92 Å². The van der Waals surface area contributed by atoms with Gasteiger partial charge in [0, 0.05) is 12.5 Å². The molecule has 0 aromatic carbocycles. The average Bonchev–Trinajstić information content (AvgIpc) is 2.12. The van der Waals surface area contributed by atoms with Crippen LogP contribution in [0.1, 0.15) is 13.3 Å². The normalized spacial score (nSPS) is 11.9. The van der Waals surface area contributed by atoms with Crippen molar-refractivity contribution < 1.29 is 0 Å². The van der Waals surface area contributed by atoms with Gasteiger partial charge < -0.3 is 5.32 Å². The lowest BCUT2D eigenvalue weighted by molar-refractivity contribution is 0.820. The highest BCUT2D eigenvalue weighted by atomic mass is 35.5. The molecule has 0 aliphatic rings. The van der Waals surface area contributed by atoms with Crippen molar-refractivity contribution in [1.82, 2.24) is 9.97 Å². The van der Waals surface area contributed by atoms with Gasteiger partial charge in [-0.15, -0.1) is 12.3 Å². The molecule has 0 saturated carbocycles. The largest absolute Gasteiger partial charge is 0.365 e. The van der Waals surface area contributed by atoms with Gasteiger partial charge in [0.2, 0.25) is 5.28 Å². The molecule has 0 bridgehead atoms. The number of terminal acetylenes is 1. The van der Waals surface area contributed by atoms with Crippen LogP contribution in [0.5, 0.6) is 0 Å². The molecule has 1 atom stereocenters. The van der Waals surface area contributed by atoms with Crippen molar-refractivity contribution in [2.75, 3.05) is 5.32 Å². The lowest BCUT2D eigenvalue weighted by Gasteiger charge is -2.12. The van der Waals surface area contributed by atoms with Crippen molar-refractivity contribution in [3.8, 4) is 12.3 Å². The number of aromatic nitrogens is 2. The van der Waals surface area contributed by atoms with Crippen LogP contribution < -0.4 is 5.32 Å². The fraction of sp³-hybridized carbons (Fsp3) is 0.333. The molecule has 0 amide bonds. The zero-order valence-corrected chi connectivity index (χ0v) is 9.10. The number of nitrogens with zero attached hydrogens (tertiary/aromatic N) is 2. The third-order valence-electron chi connectivity index (χ3n) is 1.52. The molecule has 1 aromatic rings. The van der Waals surface area contributed by atoms with Crippen molar-refractivity contribution in [2.24, 2.45) is 0 Å². The van der Waals surface area contributed by atoms with Gasteiger partial charge in [-0.25, -0.2) is 4.98 Å². The second kappa shape index (κ2) is 5.04. The summed E-state index contributed by atoms with van der Waals surface area (Å²) in [5.41, 5.74) is 0. The Hall–Kier alpha value is -0.980. The van der Waals surface area contributed by atoms with Gasteiger partial charge in [-0.2, -0.15) is 4.98 Å². The minimum absolute atomic E-state index is 0.100. The van der Waals surface area contributed by atoms with E-state index >= 15 is 0 Å². The molecule has 74 valence electrons. The second-order valence-corrected chi connectivity index (χ2v) is 3.53. The Morgan fingerprint density at radius 1 is 1.64 bits per heavy atom. The van der Waals surface area contributed by atoms with E-state index in [4.69, 9.17) is 29.6 Å². The van der Waals surface area contributed by atoms with Gasteiger partial charge in [0.25, 0.3) is 0 Å². The Bertz CT molecular complexity index is 360. The topological polar surface area (TPSA) is 37.8 Å². The molecule has 0 fully saturated rings. The zero-order chi connectivity index (χ0) is 10.6. The van der Waals surface area contributed by atoms with Gasteiger partial charge in [0.15, 0.2) is 0 Å². The molecule has 3 nitrogen and oxygen atoms in total. The Balaban J connectivity index is 2.76. The maximum absolute atomic E-state index is 5.84. The van der Waals surface area contributed by atoms with E-state index in [0.717, 1.165) is 0 Å². The number of halogens is 2. The summed E-state index contributed by atoms with van der Waals surface area (Å²) in [6.07, 6.45) is 7.21. The highest BCUT2D eigenvalue weighted by molar-refractivity contribution is 6.33. The third-order valence-corrected chi connectivity index (χ3v) is 1.98. The summed E-state index contributed by atoms with van der Waals surface area (Å²) < 4.78 is 0. The zero-order valence-electron chi connectivity index (χ0n) is 7.59. The second-order valence-electron chi connectivity index (χ2n) is 2.79. The Labute approximate surface area is 92.9 Å². The van der Waals surface area contributed by atoms with Crippen LogP contribution >= 0.6 is 23.2 Å². The molecule has 0 radical (unpaired) electrons. The van der Waals surface area contributed by atoms with Gasteiger partial charge in [-0.1, -0.05) is 11.6 Å². The first-order chi connectivity index (χ1) is 6.63. The number of hydrogen-bond acceptors (Lipinski definition) is 3. The summed E-state index contributed by atoms with van der Waals surface area (Å²) in [6, 6.07) is 0.100. The molecule has 0 saturated heterocycles. The third kappa shape index (κ3) is 3.06. The number of nitrogens with one attached hydrogen (secondary N) is 1. The van der Waals surface area contributed by atoms with Gasteiger partial charge >= 0.3 is 0 Å². The lowest BCUT2D eigenvalue weighted by Crippen LogP contribution is -2.15. The molecular formula is C9H9Cl2N3. The first-order valence-electron chi connectivity index (χ1n) is 4.01. The monoisotopic (exact) mass is 229 g/mol. The van der Waals surface area contributed by atoms with Gasteiger partial charge in [0.1, 0.15) is 10.8 Å². The molecular weight excluding hydrogens is 221 g/mol. The molecule has 1 rings (SSSR count). The number of rotatable bonds is 3. The molecule has 5 heteroatoms. The highest BCUT2D eigenvalue weighted by Gasteiger charge is 2.06. The first-order valence-corrected chi connectivity index (χ1v) is 4.77. The maximum atomic E-state index is 5.84. The quantitative estimate of drug-likeness (QED) is 0.640. The van der Waals surface area contributed by atoms with E-state index in [1.54, 1.807) is 0 Å². The summed E-state index contributed by atoms with van der Waals surface area (Å²) in [7, 11) is 0. The molecule has 1 N–H and O–H groups in total. The van der Waals surface area contributed by atoms with Crippen LogP contribution in [0.15, 0.2) is 6.20 Å². The van der Waals surface area contributed by atoms with E-state index in [-0.39, 0.29) is 11.3 Å². The fourth-order valence-electron chi connectivity index (χ4n) is 0.908. The molecule has 14 heavy (non-hydrogen) atoms. The number of anilines is 1. The minimum Gasteiger partial charge on any atom is -0.365 e. The number of hydrogen-bond donors (Lipinski definition) is 1. The standard InChI is InChI=1S/C9H9Cl2N3/c1-3-4-6(2)13-8-7(10)5-12-9(11)14-8/h1,5-6H,4H2,2H3,(H,12,13,14). The van der Waals surface area contributed by atoms with Gasteiger partial charge in [-0.05, 0) is 18.5 Å². The predicted octanol–water partition coefficient (Wildman–Crippen LogP) is 2.61. The van der Waals surface area contributed by atoms with E-state index in [1.165, 1.54) is 6.20 Å². The van der Waals surface area contributed by atoms with Crippen LogP contribution in [0.2, 0.25) is 10.3 Å². The first kappa shape index (κ1) is 11.1. The summed E-state index contributed by atoms with van der Waals surface area (Å²) in [6.45, 7) is 1.94. The van der Waals surface area contributed by atoms with Crippen LogP contribution in [0.3, 0.4) is 0 Å². The molecule has 1 aromatic heterocycles. The summed E-state index contributed by atoms with van der Waals surface area (Å²) in [4.78, 5) is 7.67. The van der Waals surface area contributed by atoms with E-state index < -0.39 is 0 Å². The van der Waals surface area contributed by atoms with Crippen molar-refractivity contribution >= 4 is 29.0 Å². The van der Waals surface area contributed by atoms with Crippen LogP contribution in [0, 0.1) is 12.3 Å². The van der Waals surface area contributed by atoms with E-state index in [0.29, 0.717) is 17.3 Å². The van der Waals surface area contributed by atoms with Crippen molar-refractivity contribution in [2.45, 2.75) is 19.4 Å². The molecule has 1 heterocycles. The van der Waals surface area contributed by atoms with Crippen LogP contribution in [0.4, 0.5) is 5.82 Å². The fourth-order valence-corrected chi connectivity index (χ4v) is 1.19. The van der Waals surface area contributed by atoms with Crippen LogP contribution in [-0.2, 0) is 0 Å². The van der Waals surface area contributed by atoms with Gasteiger partial charge in [-0.3, -0.25) is 0 Å². The van der Waals surface area contributed by atoms with Crippen molar-refractivity contribution in [1.29, 1.82) is 0 Å². The SMILES string of the molecule is C#CCC(C)Nc1nc(Cl)ncc1Cl. The average molecular weight is 230 g/mol. The lowest BCUT2D eigenvalue weighted by atomic mass is 10.2. The molecule has 0 spiro atoms. The van der Waals surface area contributed by atoms with Gasteiger partial charge in [0.05, 0.1) is 6.20 Å². The van der Waals surface area contributed by atoms with Crippen LogP contribution in [-0.4, -0.2) is 16.0 Å². The smallest absolute Gasteiger partial charge is 0.224 e. The molecule has 1 unspecified atom stereocenters. The Morgan fingerprint density at radius 2 is 2.36 bits per heavy atom. The van der Waals surface area contributed by atoms with Crippen molar-refractivity contribution in [3.63, 3.8) is 0 Å². The Kier molecular flexibility index (Phi) is 3.99. The van der Waals surface area contributed by atoms with E-state index in [9.17, 15) is 0 Å². The van der Waals surface area contributed by atoms with Crippen LogP contribution in [0.25, 0.3) is 0 Å². The Morgan fingerprint density at radius 3 is 3.00 bits per heavy atom. The van der Waals surface area contributed by atoms with Crippen molar-refractivity contribution in [3.05, 3.63) is 16.5 Å². The summed E-state index contributed by atoms with van der Waals surface area (Å²) in [5.74, 6) is 3.05. The van der Waals surface area contributed by atoms with E-state index in [2.05, 4.69) is 21.2 Å². The highest BCUT2D eigenvalue weighted by Crippen LogP contribution is 2.20. The molecule has 0 aliphatic carbocycles. The minimum atomic E-state index is 0.100. The maximum Gasteiger partial charge on any atom is 0.224 e. The summed E-state index contributed by atoms with van der Waals surface area (Å²) in [5, 5.41) is 3.63. The summed E-state index contributed by atoms with van der Waals surface area (Å²) >= 11 is 11.5. The predicted molar refractivity (Wildman–Crippen MR) is 58.6 cm³/mol. The molecule has 0 aliphatic heterocycles.